The maximum Gasteiger partial charge on any atom is 0.356 e. The Labute approximate surface area is 72.2 Å². The van der Waals surface area contributed by atoms with Crippen molar-refractivity contribution in [3.63, 3.8) is 0 Å². The molecule has 0 aliphatic carbocycles. The van der Waals surface area contributed by atoms with E-state index < -0.39 is 5.97 Å². The fourth-order valence-electron chi connectivity index (χ4n) is 0.739. The zero-order valence-corrected chi connectivity index (χ0v) is 7.70. The second-order valence-corrected chi connectivity index (χ2v) is 2.52. The number of ether oxygens (including phenoxy) is 1. The van der Waals surface area contributed by atoms with Crippen LogP contribution < -0.4 is 0 Å². The van der Waals surface area contributed by atoms with Crippen LogP contribution in [0.25, 0.3) is 0 Å². The number of rotatable bonds is 4. The Hall–Kier alpha value is -1.06. The average Bonchev–Trinajstić information content (AvgIpc) is 2.06. The Morgan fingerprint density at radius 1 is 1.58 bits per heavy atom. The standard InChI is InChI=1S/C8H15NO3/c1-4-6(3)7(9-11)8(10)12-5-2/h6,11H,4-5H2,1-3H3/b9-7+. The Bertz CT molecular complexity index is 177. The third-order valence-corrected chi connectivity index (χ3v) is 1.67. The molecule has 12 heavy (non-hydrogen) atoms. The lowest BCUT2D eigenvalue weighted by atomic mass is 10.0. The zero-order chi connectivity index (χ0) is 9.56. The van der Waals surface area contributed by atoms with Gasteiger partial charge in [-0.25, -0.2) is 4.79 Å². The maximum absolute atomic E-state index is 11.1. The van der Waals surface area contributed by atoms with E-state index in [1.165, 1.54) is 0 Å². The summed E-state index contributed by atoms with van der Waals surface area (Å²) < 4.78 is 4.69. The Morgan fingerprint density at radius 3 is 2.50 bits per heavy atom. The van der Waals surface area contributed by atoms with Gasteiger partial charge in [0.25, 0.3) is 0 Å². The second-order valence-electron chi connectivity index (χ2n) is 2.52. The minimum absolute atomic E-state index is 0.0611. The minimum Gasteiger partial charge on any atom is -0.461 e. The summed E-state index contributed by atoms with van der Waals surface area (Å²) in [6.07, 6.45) is 0.748. The van der Waals surface area contributed by atoms with E-state index in [1.807, 2.05) is 13.8 Å². The molecule has 70 valence electrons. The van der Waals surface area contributed by atoms with Gasteiger partial charge in [0.15, 0.2) is 5.71 Å². The highest BCUT2D eigenvalue weighted by molar-refractivity contribution is 6.37. The van der Waals surface area contributed by atoms with Crippen molar-refractivity contribution in [2.45, 2.75) is 27.2 Å². The Kier molecular flexibility index (Phi) is 5.08. The zero-order valence-electron chi connectivity index (χ0n) is 7.70. The lowest BCUT2D eigenvalue weighted by molar-refractivity contribution is -0.135. The number of oxime groups is 1. The van der Waals surface area contributed by atoms with Crippen molar-refractivity contribution in [1.82, 2.24) is 0 Å². The van der Waals surface area contributed by atoms with E-state index in [0.29, 0.717) is 6.61 Å². The third-order valence-electron chi connectivity index (χ3n) is 1.67. The number of carbonyl (C=O) groups excluding carboxylic acids is 1. The van der Waals surface area contributed by atoms with Gasteiger partial charge in [-0.3, -0.25) is 0 Å². The van der Waals surface area contributed by atoms with Gasteiger partial charge in [0.05, 0.1) is 6.61 Å². The van der Waals surface area contributed by atoms with Crippen LogP contribution in [0.4, 0.5) is 0 Å². The molecule has 0 saturated carbocycles. The van der Waals surface area contributed by atoms with Crippen molar-refractivity contribution < 1.29 is 14.7 Å². The quantitative estimate of drug-likeness (QED) is 0.303. The summed E-state index contributed by atoms with van der Waals surface area (Å²) in [6, 6.07) is 0. The highest BCUT2D eigenvalue weighted by atomic mass is 16.5. The van der Waals surface area contributed by atoms with Crippen molar-refractivity contribution in [2.75, 3.05) is 6.61 Å². The summed E-state index contributed by atoms with van der Waals surface area (Å²) in [5, 5.41) is 11.4. The number of hydrogen-bond donors (Lipinski definition) is 1. The smallest absolute Gasteiger partial charge is 0.356 e. The molecule has 1 unspecified atom stereocenters. The van der Waals surface area contributed by atoms with Gasteiger partial charge in [0.2, 0.25) is 0 Å². The molecule has 0 bridgehead atoms. The molecule has 0 aromatic carbocycles. The van der Waals surface area contributed by atoms with E-state index in [-0.39, 0.29) is 11.6 Å². The molecular formula is C8H15NO3. The number of hydrogen-bond acceptors (Lipinski definition) is 4. The first-order valence-corrected chi connectivity index (χ1v) is 4.06. The first kappa shape index (κ1) is 10.9. The van der Waals surface area contributed by atoms with Crippen molar-refractivity contribution in [1.29, 1.82) is 0 Å². The van der Waals surface area contributed by atoms with Gasteiger partial charge in [-0.1, -0.05) is 19.0 Å². The van der Waals surface area contributed by atoms with Crippen LogP contribution in [0.3, 0.4) is 0 Å². The molecule has 0 aromatic heterocycles. The van der Waals surface area contributed by atoms with Crippen LogP contribution in [0.5, 0.6) is 0 Å². The van der Waals surface area contributed by atoms with Crippen molar-refractivity contribution in [2.24, 2.45) is 11.1 Å². The summed E-state index contributed by atoms with van der Waals surface area (Å²) in [5.41, 5.74) is 0.0966. The lowest BCUT2D eigenvalue weighted by Gasteiger charge is -2.08. The predicted octanol–water partition coefficient (Wildman–Crippen LogP) is 1.43. The van der Waals surface area contributed by atoms with Crippen molar-refractivity contribution >= 4 is 11.7 Å². The van der Waals surface area contributed by atoms with Crippen LogP contribution >= 0.6 is 0 Å². The van der Waals surface area contributed by atoms with Gasteiger partial charge in [-0.2, -0.15) is 0 Å². The molecule has 0 aliphatic rings. The topological polar surface area (TPSA) is 58.9 Å². The molecular weight excluding hydrogens is 158 g/mol. The highest BCUT2D eigenvalue weighted by Crippen LogP contribution is 2.05. The summed E-state index contributed by atoms with van der Waals surface area (Å²) in [4.78, 5) is 11.1. The Balaban J connectivity index is 4.26. The van der Waals surface area contributed by atoms with Crippen LogP contribution in [0.2, 0.25) is 0 Å². The maximum atomic E-state index is 11.1. The second kappa shape index (κ2) is 5.57. The van der Waals surface area contributed by atoms with Crippen LogP contribution in [-0.4, -0.2) is 23.5 Å². The Morgan fingerprint density at radius 2 is 2.17 bits per heavy atom. The van der Waals surface area contributed by atoms with Crippen LogP contribution in [0.15, 0.2) is 5.16 Å². The molecule has 4 nitrogen and oxygen atoms in total. The molecule has 0 heterocycles. The van der Waals surface area contributed by atoms with E-state index >= 15 is 0 Å². The summed E-state index contributed by atoms with van der Waals surface area (Å²) in [5.74, 6) is -0.594. The van der Waals surface area contributed by atoms with Gasteiger partial charge in [0.1, 0.15) is 0 Å². The molecule has 0 aliphatic heterocycles. The molecule has 0 saturated heterocycles. The van der Waals surface area contributed by atoms with E-state index in [9.17, 15) is 4.79 Å². The highest BCUT2D eigenvalue weighted by Gasteiger charge is 2.19. The molecule has 0 rings (SSSR count). The molecule has 0 fully saturated rings. The van der Waals surface area contributed by atoms with Crippen LogP contribution in [0, 0.1) is 5.92 Å². The summed E-state index contributed by atoms with van der Waals surface area (Å²) in [7, 11) is 0. The van der Waals surface area contributed by atoms with Gasteiger partial charge in [-0.05, 0) is 13.3 Å². The number of esters is 1. The van der Waals surface area contributed by atoms with Gasteiger partial charge < -0.3 is 9.94 Å². The lowest BCUT2D eigenvalue weighted by Crippen LogP contribution is -2.24. The fraction of sp³-hybridized carbons (Fsp3) is 0.750. The van der Waals surface area contributed by atoms with Crippen molar-refractivity contribution in [3.05, 3.63) is 0 Å². The summed E-state index contributed by atoms with van der Waals surface area (Å²) >= 11 is 0. The van der Waals surface area contributed by atoms with E-state index in [1.54, 1.807) is 6.92 Å². The molecule has 0 radical (unpaired) electrons. The van der Waals surface area contributed by atoms with Gasteiger partial charge in [0, 0.05) is 5.92 Å². The SMILES string of the molecule is CCOC(=O)/C(=N/O)C(C)CC. The van der Waals surface area contributed by atoms with Crippen LogP contribution in [-0.2, 0) is 9.53 Å². The average molecular weight is 173 g/mol. The first-order valence-electron chi connectivity index (χ1n) is 4.06. The van der Waals surface area contributed by atoms with Gasteiger partial charge in [-0.15, -0.1) is 0 Å². The number of carbonyl (C=O) groups is 1. The molecule has 0 spiro atoms. The monoisotopic (exact) mass is 173 g/mol. The number of nitrogens with zero attached hydrogens (tertiary/aromatic N) is 1. The fourth-order valence-corrected chi connectivity index (χ4v) is 0.739. The normalized spacial score (nSPS) is 14.1. The predicted molar refractivity (Wildman–Crippen MR) is 45.3 cm³/mol. The first-order chi connectivity index (χ1) is 5.67. The molecule has 1 atom stereocenters. The van der Waals surface area contributed by atoms with Crippen LogP contribution in [0.1, 0.15) is 27.2 Å². The van der Waals surface area contributed by atoms with E-state index in [0.717, 1.165) is 6.42 Å². The molecule has 4 heteroatoms. The minimum atomic E-state index is -0.533. The van der Waals surface area contributed by atoms with Gasteiger partial charge >= 0.3 is 5.97 Å². The largest absolute Gasteiger partial charge is 0.461 e. The summed E-state index contributed by atoms with van der Waals surface area (Å²) in [6.45, 7) is 5.73. The van der Waals surface area contributed by atoms with E-state index in [4.69, 9.17) is 5.21 Å². The third kappa shape index (κ3) is 2.90. The molecule has 1 N–H and O–H groups in total. The molecule has 0 amide bonds. The molecule has 0 aromatic rings. The van der Waals surface area contributed by atoms with Crippen molar-refractivity contribution in [3.8, 4) is 0 Å². The van der Waals surface area contributed by atoms with E-state index in [2.05, 4.69) is 9.89 Å².